The maximum atomic E-state index is 13.1. The van der Waals surface area contributed by atoms with E-state index in [2.05, 4.69) is 0 Å². The fourth-order valence-corrected chi connectivity index (χ4v) is 4.64. The summed E-state index contributed by atoms with van der Waals surface area (Å²) >= 11 is 0. The van der Waals surface area contributed by atoms with E-state index in [9.17, 15) is 25.0 Å². The number of likely N-dealkylation sites (tertiary alicyclic amines) is 1. The zero-order chi connectivity index (χ0) is 19.2. The molecule has 0 radical (unpaired) electrons. The van der Waals surface area contributed by atoms with Crippen molar-refractivity contribution in [1.82, 2.24) is 0 Å². The molecule has 1 fully saturated rings. The van der Waals surface area contributed by atoms with Crippen LogP contribution in [0.25, 0.3) is 0 Å². The van der Waals surface area contributed by atoms with Gasteiger partial charge in [0.05, 0.1) is 0 Å². The van der Waals surface area contributed by atoms with E-state index in [1.54, 1.807) is 18.2 Å². The molecule has 27 heavy (non-hydrogen) atoms. The first-order valence-electron chi connectivity index (χ1n) is 8.70. The molecule has 8 nitrogen and oxygen atoms in total. The number of quaternary nitrogens is 1. The van der Waals surface area contributed by atoms with Crippen LogP contribution in [0.1, 0.15) is 27.9 Å². The lowest BCUT2D eigenvalue weighted by atomic mass is 9.64. The molecule has 2 aromatic carbocycles. The van der Waals surface area contributed by atoms with E-state index < -0.39 is 33.1 Å². The van der Waals surface area contributed by atoms with Gasteiger partial charge in [0.1, 0.15) is 13.0 Å². The van der Waals surface area contributed by atoms with E-state index in [0.29, 0.717) is 17.0 Å². The molecule has 1 aliphatic carbocycles. The molecule has 4 rings (SSSR count). The fraction of sp³-hybridized carbons (Fsp3) is 0.316. The van der Waals surface area contributed by atoms with Gasteiger partial charge >= 0.3 is 11.1 Å². The molecule has 0 spiro atoms. The molecule has 0 amide bonds. The third-order valence-corrected chi connectivity index (χ3v) is 5.76. The number of ketones is 1. The van der Waals surface area contributed by atoms with Gasteiger partial charge in [0.25, 0.3) is 0 Å². The summed E-state index contributed by atoms with van der Waals surface area (Å²) in [6, 6.07) is 15.6. The molecular weight excluding hydrogens is 350 g/mol. The van der Waals surface area contributed by atoms with Gasteiger partial charge in [-0.2, -0.15) is 0 Å². The van der Waals surface area contributed by atoms with Crippen LogP contribution >= 0.6 is 0 Å². The number of piperidine rings is 1. The number of carbonyl (C=O) groups is 1. The van der Waals surface area contributed by atoms with Gasteiger partial charge in [-0.25, -0.2) is 0 Å². The summed E-state index contributed by atoms with van der Waals surface area (Å²) in [5, 5.41) is 24.2. The average Bonchev–Trinajstić information content (AvgIpc) is 2.66. The van der Waals surface area contributed by atoms with Crippen LogP contribution in [-0.2, 0) is 12.1 Å². The lowest BCUT2D eigenvalue weighted by Crippen LogP contribution is -3.17. The van der Waals surface area contributed by atoms with Crippen molar-refractivity contribution < 1.29 is 19.5 Å². The zero-order valence-corrected chi connectivity index (χ0v) is 14.5. The number of hydrogen-bond acceptors (Lipinski definition) is 5. The van der Waals surface area contributed by atoms with Crippen molar-refractivity contribution in [2.75, 3.05) is 13.1 Å². The molecule has 2 aromatic rings. The smallest absolute Gasteiger partial charge is 0.319 e. The van der Waals surface area contributed by atoms with Crippen LogP contribution in [0.15, 0.2) is 54.6 Å². The van der Waals surface area contributed by atoms with Gasteiger partial charge in [-0.05, 0) is 0 Å². The van der Waals surface area contributed by atoms with E-state index in [0.717, 1.165) is 5.56 Å². The number of fused-ring (bicyclic) bond motifs is 4. The van der Waals surface area contributed by atoms with Crippen LogP contribution < -0.4 is 4.90 Å². The van der Waals surface area contributed by atoms with Crippen LogP contribution in [0.2, 0.25) is 0 Å². The van der Waals surface area contributed by atoms with Gasteiger partial charge in [-0.15, -0.1) is 0 Å². The molecule has 1 N–H and O–H groups in total. The third kappa shape index (κ3) is 2.44. The summed E-state index contributed by atoms with van der Waals surface area (Å²) in [6.07, 6.45) is -0.395. The van der Waals surface area contributed by atoms with Crippen molar-refractivity contribution in [3.05, 3.63) is 91.5 Å². The maximum Gasteiger partial charge on any atom is 0.338 e. The van der Waals surface area contributed by atoms with Gasteiger partial charge < -0.3 is 4.90 Å². The van der Waals surface area contributed by atoms with Crippen LogP contribution in [0.3, 0.4) is 0 Å². The highest BCUT2D eigenvalue weighted by Gasteiger charge is 2.73. The van der Waals surface area contributed by atoms with Crippen molar-refractivity contribution in [3.63, 3.8) is 0 Å². The molecule has 2 bridgehead atoms. The SMILES string of the molecule is O=C1c2ccccc2C2([N+](=O)[O-])C[NH+](Cc3ccccc3)CC1([N+](=O)[O-])C2. The summed E-state index contributed by atoms with van der Waals surface area (Å²) in [4.78, 5) is 36.9. The summed E-state index contributed by atoms with van der Waals surface area (Å²) in [7, 11) is 0. The van der Waals surface area contributed by atoms with Crippen molar-refractivity contribution in [1.29, 1.82) is 0 Å². The Labute approximate surface area is 154 Å². The molecule has 0 aromatic heterocycles. The molecule has 1 saturated heterocycles. The number of rotatable bonds is 4. The topological polar surface area (TPSA) is 108 Å². The Morgan fingerprint density at radius 1 is 0.889 bits per heavy atom. The Balaban J connectivity index is 1.87. The number of Topliss-reactive ketones (excluding diaryl/α,β-unsaturated/α-hetero) is 1. The lowest BCUT2D eigenvalue weighted by Gasteiger charge is -2.43. The van der Waals surface area contributed by atoms with Crippen LogP contribution in [-0.4, -0.2) is 34.3 Å². The van der Waals surface area contributed by atoms with E-state index in [-0.39, 0.29) is 18.7 Å². The first-order chi connectivity index (χ1) is 12.9. The molecule has 138 valence electrons. The van der Waals surface area contributed by atoms with Gasteiger partial charge in [-0.1, -0.05) is 54.6 Å². The molecule has 8 heteroatoms. The molecule has 1 heterocycles. The van der Waals surface area contributed by atoms with Gasteiger partial charge in [-0.3, -0.25) is 25.0 Å². The standard InChI is InChI=1S/C19H17N3O5/c23-17-15-8-4-5-9-16(15)18(21(24)25)11-19(17,22(26)27)13-20(12-18)10-14-6-2-1-3-7-14/h1-9H,10-13H2/p+1. The molecule has 0 saturated carbocycles. The molecular formula is C19H18N3O5+. The summed E-state index contributed by atoms with van der Waals surface area (Å²) in [5.41, 5.74) is -2.28. The summed E-state index contributed by atoms with van der Waals surface area (Å²) in [5.74, 6) is -0.620. The fourth-order valence-electron chi connectivity index (χ4n) is 4.64. The molecule has 1 aliphatic heterocycles. The Bertz CT molecular complexity index is 947. The monoisotopic (exact) mass is 368 g/mol. The number of nitro groups is 2. The quantitative estimate of drug-likeness (QED) is 0.636. The minimum atomic E-state index is -1.97. The summed E-state index contributed by atoms with van der Waals surface area (Å²) < 4.78 is 0. The average molecular weight is 368 g/mol. The Morgan fingerprint density at radius 2 is 1.48 bits per heavy atom. The highest BCUT2D eigenvalue weighted by molar-refractivity contribution is 6.05. The van der Waals surface area contributed by atoms with Gasteiger partial charge in [0, 0.05) is 26.5 Å². The molecule has 3 atom stereocenters. The largest absolute Gasteiger partial charge is 0.338 e. The van der Waals surface area contributed by atoms with Gasteiger partial charge in [0.15, 0.2) is 13.1 Å². The number of hydrogen-bond donors (Lipinski definition) is 1. The first kappa shape index (κ1) is 17.3. The van der Waals surface area contributed by atoms with E-state index in [1.165, 1.54) is 6.07 Å². The highest BCUT2D eigenvalue weighted by atomic mass is 16.6. The molecule has 2 aliphatic rings. The Kier molecular flexibility index (Phi) is 3.81. The van der Waals surface area contributed by atoms with Crippen LogP contribution in [0, 0.1) is 20.2 Å². The number of nitrogens with one attached hydrogen (secondary N) is 1. The lowest BCUT2D eigenvalue weighted by molar-refractivity contribution is -0.956. The number of carbonyl (C=O) groups excluding carboxylic acids is 1. The number of nitrogens with zero attached hydrogens (tertiary/aromatic N) is 2. The van der Waals surface area contributed by atoms with Gasteiger partial charge in [0.2, 0.25) is 5.78 Å². The Hall–Kier alpha value is -3.13. The predicted molar refractivity (Wildman–Crippen MR) is 94.6 cm³/mol. The van der Waals surface area contributed by atoms with Crippen molar-refractivity contribution in [2.24, 2.45) is 0 Å². The molecule has 3 unspecified atom stereocenters. The second kappa shape index (κ2) is 5.95. The highest BCUT2D eigenvalue weighted by Crippen LogP contribution is 2.44. The second-order valence-electron chi connectivity index (χ2n) is 7.39. The normalized spacial score (nSPS) is 29.0. The summed E-state index contributed by atoms with van der Waals surface area (Å²) in [6.45, 7) is 0.438. The van der Waals surface area contributed by atoms with E-state index in [4.69, 9.17) is 0 Å². The van der Waals surface area contributed by atoms with E-state index in [1.807, 2.05) is 30.3 Å². The zero-order valence-electron chi connectivity index (χ0n) is 14.5. The van der Waals surface area contributed by atoms with Crippen molar-refractivity contribution in [2.45, 2.75) is 24.0 Å². The van der Waals surface area contributed by atoms with Crippen molar-refractivity contribution in [3.8, 4) is 0 Å². The predicted octanol–water partition coefficient (Wildman–Crippen LogP) is 0.859. The first-order valence-corrected chi connectivity index (χ1v) is 8.70. The van der Waals surface area contributed by atoms with E-state index >= 15 is 0 Å². The van der Waals surface area contributed by atoms with Crippen LogP contribution in [0.5, 0.6) is 0 Å². The maximum absolute atomic E-state index is 13.1. The minimum Gasteiger partial charge on any atom is -0.319 e. The second-order valence-corrected chi connectivity index (χ2v) is 7.39. The number of benzene rings is 2. The van der Waals surface area contributed by atoms with Crippen molar-refractivity contribution >= 4 is 5.78 Å². The Morgan fingerprint density at radius 3 is 2.15 bits per heavy atom. The third-order valence-electron chi connectivity index (χ3n) is 5.76. The van der Waals surface area contributed by atoms with Crippen LogP contribution in [0.4, 0.5) is 0 Å². The minimum absolute atomic E-state index is 0.0579.